The number of rotatable bonds is 8. The van der Waals surface area contributed by atoms with E-state index in [9.17, 15) is 9.90 Å². The Kier molecular flexibility index (Phi) is 6.65. The molecule has 1 heterocycles. The average Bonchev–Trinajstić information content (AvgIpc) is 3.35. The zero-order valence-corrected chi connectivity index (χ0v) is 17.9. The lowest BCUT2D eigenvalue weighted by Gasteiger charge is -2.07. The molecule has 0 saturated carbocycles. The van der Waals surface area contributed by atoms with Gasteiger partial charge in [0.1, 0.15) is 18.1 Å². The van der Waals surface area contributed by atoms with Crippen LogP contribution in [0.5, 0.6) is 17.2 Å². The summed E-state index contributed by atoms with van der Waals surface area (Å²) in [6.45, 7) is 0.458. The van der Waals surface area contributed by atoms with Crippen LogP contribution in [-0.2, 0) is 6.61 Å². The number of nitrogens with one attached hydrogen (secondary N) is 2. The minimum Gasteiger partial charge on any atom is -0.504 e. The maximum Gasteiger partial charge on any atom is 0.289 e. The third-order valence-electron chi connectivity index (χ3n) is 4.82. The molecule has 0 spiro atoms. The van der Waals surface area contributed by atoms with Crippen LogP contribution in [0.3, 0.4) is 0 Å². The summed E-state index contributed by atoms with van der Waals surface area (Å²) in [5.74, 6) is 0.492. The fourth-order valence-corrected chi connectivity index (χ4v) is 3.10. The summed E-state index contributed by atoms with van der Waals surface area (Å²) in [5.41, 5.74) is 5.54. The van der Waals surface area contributed by atoms with Crippen molar-refractivity contribution < 1.29 is 19.4 Å². The molecule has 8 heteroatoms. The van der Waals surface area contributed by atoms with Crippen molar-refractivity contribution in [3.05, 3.63) is 95.7 Å². The number of ether oxygens (including phenoxy) is 2. The van der Waals surface area contributed by atoms with Crippen LogP contribution in [0, 0.1) is 0 Å². The van der Waals surface area contributed by atoms with Crippen LogP contribution in [0.2, 0.25) is 0 Å². The number of carbonyl (C=O) groups is 1. The van der Waals surface area contributed by atoms with Crippen molar-refractivity contribution in [3.8, 4) is 28.5 Å². The number of amides is 1. The van der Waals surface area contributed by atoms with Crippen molar-refractivity contribution in [2.24, 2.45) is 5.10 Å². The van der Waals surface area contributed by atoms with Gasteiger partial charge in [0.15, 0.2) is 11.5 Å². The zero-order chi connectivity index (χ0) is 23.0. The number of hydrogen-bond donors (Lipinski definition) is 3. The monoisotopic (exact) mass is 442 g/mol. The molecule has 4 rings (SSSR count). The quantitative estimate of drug-likeness (QED) is 0.281. The van der Waals surface area contributed by atoms with Gasteiger partial charge in [0, 0.05) is 11.1 Å². The molecule has 3 N–H and O–H groups in total. The third kappa shape index (κ3) is 5.37. The molecule has 0 radical (unpaired) electrons. The van der Waals surface area contributed by atoms with Crippen LogP contribution in [0.4, 0.5) is 0 Å². The molecule has 0 saturated heterocycles. The number of para-hydroxylation sites is 1. The highest BCUT2D eigenvalue weighted by atomic mass is 16.5. The number of benzene rings is 3. The smallest absolute Gasteiger partial charge is 0.289 e. The lowest BCUT2D eigenvalue weighted by atomic mass is 10.1. The Labute approximate surface area is 190 Å². The molecule has 3 aromatic carbocycles. The summed E-state index contributed by atoms with van der Waals surface area (Å²) in [6.07, 6.45) is 1.33. The van der Waals surface area contributed by atoms with Crippen LogP contribution in [0.25, 0.3) is 11.3 Å². The molecule has 0 aliphatic heterocycles. The Balaban J connectivity index is 1.40. The largest absolute Gasteiger partial charge is 0.504 e. The van der Waals surface area contributed by atoms with Gasteiger partial charge in [-0.25, -0.2) is 5.43 Å². The van der Waals surface area contributed by atoms with Gasteiger partial charge >= 0.3 is 0 Å². The topological polar surface area (TPSA) is 109 Å². The van der Waals surface area contributed by atoms with E-state index in [1.807, 2.05) is 54.6 Å². The fourth-order valence-electron chi connectivity index (χ4n) is 3.10. The van der Waals surface area contributed by atoms with Gasteiger partial charge in [-0.3, -0.25) is 9.89 Å². The molecule has 4 aromatic rings. The van der Waals surface area contributed by atoms with Crippen molar-refractivity contribution in [1.82, 2.24) is 15.6 Å². The lowest BCUT2D eigenvalue weighted by Crippen LogP contribution is -2.18. The van der Waals surface area contributed by atoms with Gasteiger partial charge in [-0.1, -0.05) is 48.5 Å². The van der Waals surface area contributed by atoms with Gasteiger partial charge in [-0.15, -0.1) is 0 Å². The first-order valence-electron chi connectivity index (χ1n) is 10.2. The Morgan fingerprint density at radius 3 is 2.73 bits per heavy atom. The number of methoxy groups -OCH3 is 1. The third-order valence-corrected chi connectivity index (χ3v) is 4.82. The summed E-state index contributed by atoms with van der Waals surface area (Å²) < 4.78 is 10.9. The number of hydrogen-bond acceptors (Lipinski definition) is 6. The number of H-pyrrole nitrogens is 1. The van der Waals surface area contributed by atoms with Crippen molar-refractivity contribution >= 4 is 12.1 Å². The number of aromatic nitrogens is 2. The second-order valence-corrected chi connectivity index (χ2v) is 7.07. The first kappa shape index (κ1) is 21.6. The fraction of sp³-hybridized carbons (Fsp3) is 0.0800. The molecule has 1 amide bonds. The number of aromatic hydroxyl groups is 1. The molecule has 8 nitrogen and oxygen atoms in total. The SMILES string of the molecule is COc1cccc(/C=N/NC(=O)c2cc(-c3cccc(OCc4ccccc4)c3)n[nH]2)c1O. The number of phenols is 1. The second-order valence-electron chi connectivity index (χ2n) is 7.07. The van der Waals surface area contributed by atoms with E-state index in [1.54, 1.807) is 24.3 Å². The minimum absolute atomic E-state index is 0.0591. The van der Waals surface area contributed by atoms with Crippen molar-refractivity contribution in [2.45, 2.75) is 6.61 Å². The van der Waals surface area contributed by atoms with E-state index in [2.05, 4.69) is 20.7 Å². The molecule has 0 unspecified atom stereocenters. The number of hydrazone groups is 1. The van der Waals surface area contributed by atoms with Crippen LogP contribution in [0.1, 0.15) is 21.6 Å². The van der Waals surface area contributed by atoms with Crippen LogP contribution in [-0.4, -0.2) is 34.5 Å². The molecule has 0 bridgehead atoms. The minimum atomic E-state index is -0.469. The Morgan fingerprint density at radius 2 is 1.91 bits per heavy atom. The molecule has 33 heavy (non-hydrogen) atoms. The first-order valence-corrected chi connectivity index (χ1v) is 10.2. The normalized spacial score (nSPS) is 10.8. The predicted molar refractivity (Wildman–Crippen MR) is 125 cm³/mol. The van der Waals surface area contributed by atoms with E-state index in [0.29, 0.717) is 29.4 Å². The van der Waals surface area contributed by atoms with Gasteiger partial charge in [0.05, 0.1) is 19.0 Å². The van der Waals surface area contributed by atoms with Crippen molar-refractivity contribution in [1.29, 1.82) is 0 Å². The van der Waals surface area contributed by atoms with E-state index in [4.69, 9.17) is 9.47 Å². The highest BCUT2D eigenvalue weighted by Gasteiger charge is 2.11. The standard InChI is InChI=1S/C25H22N4O4/c1-32-23-12-6-10-19(24(23)30)15-26-29-25(31)22-14-21(27-28-22)18-9-5-11-20(13-18)33-16-17-7-3-2-4-8-17/h2-15,30H,16H2,1H3,(H,27,28)(H,29,31)/b26-15+. The van der Waals surface area contributed by atoms with Gasteiger partial charge < -0.3 is 14.6 Å². The molecule has 1 aromatic heterocycles. The first-order chi connectivity index (χ1) is 16.1. The van der Waals surface area contributed by atoms with E-state index in [-0.39, 0.29) is 11.4 Å². The van der Waals surface area contributed by atoms with Gasteiger partial charge in [0.2, 0.25) is 0 Å². The maximum absolute atomic E-state index is 12.4. The summed E-state index contributed by atoms with van der Waals surface area (Å²) in [6, 6.07) is 24.0. The van der Waals surface area contributed by atoms with Gasteiger partial charge in [-0.2, -0.15) is 10.2 Å². The maximum atomic E-state index is 12.4. The van der Waals surface area contributed by atoms with E-state index in [1.165, 1.54) is 13.3 Å². The summed E-state index contributed by atoms with van der Waals surface area (Å²) >= 11 is 0. The van der Waals surface area contributed by atoms with E-state index < -0.39 is 5.91 Å². The van der Waals surface area contributed by atoms with E-state index in [0.717, 1.165) is 11.1 Å². The van der Waals surface area contributed by atoms with Crippen LogP contribution in [0.15, 0.2) is 84.0 Å². The number of aromatic amines is 1. The summed E-state index contributed by atoms with van der Waals surface area (Å²) in [4.78, 5) is 12.4. The molecule has 0 atom stereocenters. The average molecular weight is 442 g/mol. The molecule has 0 aliphatic carbocycles. The van der Waals surface area contributed by atoms with Gasteiger partial charge in [-0.05, 0) is 35.9 Å². The van der Waals surface area contributed by atoms with Crippen LogP contribution < -0.4 is 14.9 Å². The van der Waals surface area contributed by atoms with E-state index >= 15 is 0 Å². The zero-order valence-electron chi connectivity index (χ0n) is 17.9. The van der Waals surface area contributed by atoms with Crippen molar-refractivity contribution in [2.75, 3.05) is 7.11 Å². The highest BCUT2D eigenvalue weighted by molar-refractivity contribution is 5.94. The number of phenolic OH excluding ortho intramolecular Hbond substituents is 1. The molecule has 166 valence electrons. The second kappa shape index (κ2) is 10.1. The lowest BCUT2D eigenvalue weighted by molar-refractivity contribution is 0.0950. The Bertz CT molecular complexity index is 1270. The molecule has 0 aliphatic rings. The molecule has 0 fully saturated rings. The molecular weight excluding hydrogens is 420 g/mol. The Hall–Kier alpha value is -4.59. The Morgan fingerprint density at radius 1 is 1.09 bits per heavy atom. The highest BCUT2D eigenvalue weighted by Crippen LogP contribution is 2.28. The van der Waals surface area contributed by atoms with Gasteiger partial charge in [0.25, 0.3) is 5.91 Å². The molecular formula is C25H22N4O4. The number of carbonyl (C=O) groups excluding carboxylic acids is 1. The van der Waals surface area contributed by atoms with Crippen LogP contribution >= 0.6 is 0 Å². The predicted octanol–water partition coefficient (Wildman–Crippen LogP) is 4.13. The summed E-state index contributed by atoms with van der Waals surface area (Å²) in [5, 5.41) is 20.9. The number of nitrogens with zero attached hydrogens (tertiary/aromatic N) is 2. The summed E-state index contributed by atoms with van der Waals surface area (Å²) in [7, 11) is 1.46. The van der Waals surface area contributed by atoms with Crippen molar-refractivity contribution in [3.63, 3.8) is 0 Å².